The minimum atomic E-state index is -0.624. The second-order valence-electron chi connectivity index (χ2n) is 18.0. The van der Waals surface area contributed by atoms with Crippen LogP contribution in [-0.4, -0.2) is 37.9 Å². The Labute approximate surface area is 454 Å². The van der Waals surface area contributed by atoms with E-state index in [9.17, 15) is 9.59 Å². The monoisotopic (exact) mass is 1010 g/mol. The summed E-state index contributed by atoms with van der Waals surface area (Å²) in [6, 6.07) is 0. The summed E-state index contributed by atoms with van der Waals surface area (Å²) >= 11 is 0. The van der Waals surface area contributed by atoms with Gasteiger partial charge in [-0.3, -0.25) is 9.59 Å². The molecule has 1 atom stereocenters. The molecule has 0 saturated heterocycles. The van der Waals surface area contributed by atoms with Crippen LogP contribution in [0.4, 0.5) is 0 Å². The van der Waals surface area contributed by atoms with E-state index in [1.807, 2.05) is 6.08 Å². The van der Waals surface area contributed by atoms with Crippen LogP contribution >= 0.6 is 0 Å². The Morgan fingerprint density at radius 2 is 0.595 bits per heavy atom. The van der Waals surface area contributed by atoms with Gasteiger partial charge >= 0.3 is 11.9 Å². The van der Waals surface area contributed by atoms with E-state index in [2.05, 4.69) is 209 Å². The number of hydrogen-bond donors (Lipinski definition) is 0. The molecule has 0 radical (unpaired) electrons. The Morgan fingerprint density at radius 3 is 0.959 bits per heavy atom. The molecule has 0 saturated carbocycles. The summed E-state index contributed by atoms with van der Waals surface area (Å²) in [6.07, 6.45) is 96.2. The molecule has 410 valence electrons. The van der Waals surface area contributed by atoms with Crippen LogP contribution in [-0.2, 0) is 23.8 Å². The van der Waals surface area contributed by atoms with Crippen LogP contribution in [0.1, 0.15) is 201 Å². The first-order valence-electron chi connectivity index (χ1n) is 29.0. The number of carbonyl (C=O) groups is 2. The first kappa shape index (κ1) is 68.7. The molecule has 0 aromatic heterocycles. The number of rotatable bonds is 50. The van der Waals surface area contributed by atoms with Gasteiger partial charge in [0, 0.05) is 19.4 Å². The molecule has 0 heterocycles. The molecular weight excluding hydrogens is 909 g/mol. The summed E-state index contributed by atoms with van der Waals surface area (Å²) in [6.45, 7) is 7.21. The summed E-state index contributed by atoms with van der Waals surface area (Å²) in [7, 11) is 0. The number of hydrogen-bond acceptors (Lipinski definition) is 5. The predicted octanol–water partition coefficient (Wildman–Crippen LogP) is 20.3. The molecule has 0 aromatic carbocycles. The maximum atomic E-state index is 12.9. The molecule has 0 bridgehead atoms. The Hall–Kier alpha value is -5.26. The number of ether oxygens (including phenoxy) is 3. The number of carbonyl (C=O) groups excluding carboxylic acids is 2. The molecule has 0 rings (SSSR count). The van der Waals surface area contributed by atoms with E-state index in [-0.39, 0.29) is 31.6 Å². The number of unbranched alkanes of at least 4 members (excludes halogenated alkanes) is 7. The molecule has 0 aliphatic rings. The highest BCUT2D eigenvalue weighted by Crippen LogP contribution is 2.11. The number of allylic oxidation sites excluding steroid dienone is 32. The van der Waals surface area contributed by atoms with Crippen LogP contribution in [0.25, 0.3) is 0 Å². The van der Waals surface area contributed by atoms with Gasteiger partial charge in [0.1, 0.15) is 6.61 Å². The van der Waals surface area contributed by atoms with Gasteiger partial charge in [0.25, 0.3) is 0 Å². The van der Waals surface area contributed by atoms with Gasteiger partial charge in [-0.15, -0.1) is 0 Å². The fourth-order valence-electron chi connectivity index (χ4n) is 6.95. The van der Waals surface area contributed by atoms with Crippen LogP contribution in [0.2, 0.25) is 0 Å². The molecule has 0 aliphatic heterocycles. The van der Waals surface area contributed by atoms with E-state index in [1.54, 1.807) is 0 Å². The first-order chi connectivity index (χ1) is 36.6. The lowest BCUT2D eigenvalue weighted by molar-refractivity contribution is -0.162. The van der Waals surface area contributed by atoms with Gasteiger partial charge in [-0.05, 0) is 141 Å². The van der Waals surface area contributed by atoms with Crippen LogP contribution in [0.3, 0.4) is 0 Å². The van der Waals surface area contributed by atoms with Crippen LogP contribution < -0.4 is 0 Å². The summed E-state index contributed by atoms with van der Waals surface area (Å²) in [5.74, 6) is -0.560. The SMILES string of the molecule is CC/C=C\C/C=C\C/C=C\C/C=C\C/C=C\C/C=C\CCCOCC(COC(=O)CC/C=C\C/C=C\C/C=C\C/C=C\C/C=C\C/C=C\CC)OC(=O)CCCCCCCC/C=C\C/C=C\C/C=C\C/C=C\CC. The van der Waals surface area contributed by atoms with Crippen molar-refractivity contribution in [2.75, 3.05) is 19.8 Å². The van der Waals surface area contributed by atoms with Crippen molar-refractivity contribution in [1.29, 1.82) is 0 Å². The third-order valence-corrected chi connectivity index (χ3v) is 11.1. The standard InChI is InChI=1S/C69H104O5/c1-4-7-10-13-16-19-22-25-28-31-34-37-40-43-46-49-52-55-58-61-64-72-65-67(74-69(71)63-60-57-54-51-48-45-42-39-36-33-30-27-24-21-18-15-12-9-6-3)66-73-68(70)62-59-56-53-50-47-44-41-38-35-32-29-26-23-20-17-14-11-8-5-2/h7-12,16-21,25-30,34-39,43-44,46-47,52-53,55-56,67H,4-6,13-15,22-24,31-33,40-42,45,48-51,54,57-66H2,1-3H3/b10-7-,11-8-,12-9-,19-16-,20-17-,21-18-,28-25-,29-26-,30-27-,37-34-,38-35-,39-36-,46-43-,47-44-,55-52-,56-53-. The fraction of sp³-hybridized carbons (Fsp3) is 0.507. The normalized spacial score (nSPS) is 13.7. The van der Waals surface area contributed by atoms with E-state index in [0.717, 1.165) is 141 Å². The van der Waals surface area contributed by atoms with Crippen molar-refractivity contribution in [2.45, 2.75) is 207 Å². The Kier molecular flexibility index (Phi) is 57.6. The van der Waals surface area contributed by atoms with Gasteiger partial charge in [-0.25, -0.2) is 0 Å². The third kappa shape index (κ3) is 59.3. The van der Waals surface area contributed by atoms with Crippen molar-refractivity contribution in [3.63, 3.8) is 0 Å². The van der Waals surface area contributed by atoms with Crippen molar-refractivity contribution in [1.82, 2.24) is 0 Å². The zero-order valence-corrected chi connectivity index (χ0v) is 47.0. The van der Waals surface area contributed by atoms with E-state index in [4.69, 9.17) is 14.2 Å². The zero-order chi connectivity index (χ0) is 53.4. The Morgan fingerprint density at radius 1 is 0.297 bits per heavy atom. The van der Waals surface area contributed by atoms with E-state index in [1.165, 1.54) is 19.3 Å². The molecule has 1 unspecified atom stereocenters. The molecular formula is C69H104O5. The van der Waals surface area contributed by atoms with Crippen LogP contribution in [0.15, 0.2) is 194 Å². The maximum absolute atomic E-state index is 12.9. The molecule has 0 aromatic rings. The Bertz CT molecular complexity index is 1760. The smallest absolute Gasteiger partial charge is 0.306 e. The molecule has 0 spiro atoms. The quantitative estimate of drug-likeness (QED) is 0.0345. The molecule has 74 heavy (non-hydrogen) atoms. The molecule has 0 fully saturated rings. The van der Waals surface area contributed by atoms with Gasteiger partial charge < -0.3 is 14.2 Å². The largest absolute Gasteiger partial charge is 0.462 e. The fourth-order valence-corrected chi connectivity index (χ4v) is 6.95. The summed E-state index contributed by atoms with van der Waals surface area (Å²) < 4.78 is 17.3. The zero-order valence-electron chi connectivity index (χ0n) is 47.0. The topological polar surface area (TPSA) is 61.8 Å². The van der Waals surface area contributed by atoms with Crippen molar-refractivity contribution in [2.24, 2.45) is 0 Å². The second-order valence-corrected chi connectivity index (χ2v) is 18.0. The summed E-state index contributed by atoms with van der Waals surface area (Å²) in [4.78, 5) is 25.5. The lowest BCUT2D eigenvalue weighted by Gasteiger charge is -2.18. The highest BCUT2D eigenvalue weighted by Gasteiger charge is 2.17. The minimum absolute atomic E-state index is 0.000745. The second kappa shape index (κ2) is 62.0. The molecule has 0 N–H and O–H groups in total. The predicted molar refractivity (Wildman–Crippen MR) is 324 cm³/mol. The van der Waals surface area contributed by atoms with Gasteiger partial charge in [0.2, 0.25) is 0 Å². The van der Waals surface area contributed by atoms with Gasteiger partial charge in [-0.1, -0.05) is 241 Å². The molecule has 5 heteroatoms. The van der Waals surface area contributed by atoms with Crippen molar-refractivity contribution >= 4 is 11.9 Å². The van der Waals surface area contributed by atoms with Crippen molar-refractivity contribution in [3.05, 3.63) is 194 Å². The van der Waals surface area contributed by atoms with E-state index in [0.29, 0.717) is 19.4 Å². The van der Waals surface area contributed by atoms with Crippen molar-refractivity contribution in [3.8, 4) is 0 Å². The lowest BCUT2D eigenvalue weighted by Crippen LogP contribution is -2.30. The maximum Gasteiger partial charge on any atom is 0.306 e. The molecule has 0 amide bonds. The first-order valence-corrected chi connectivity index (χ1v) is 29.0. The van der Waals surface area contributed by atoms with Gasteiger partial charge in [-0.2, -0.15) is 0 Å². The highest BCUT2D eigenvalue weighted by atomic mass is 16.6. The van der Waals surface area contributed by atoms with E-state index >= 15 is 0 Å². The van der Waals surface area contributed by atoms with Crippen molar-refractivity contribution < 1.29 is 23.8 Å². The molecule has 0 aliphatic carbocycles. The average Bonchev–Trinajstić information content (AvgIpc) is 3.40. The third-order valence-electron chi connectivity index (χ3n) is 11.1. The minimum Gasteiger partial charge on any atom is -0.462 e. The summed E-state index contributed by atoms with van der Waals surface area (Å²) in [5, 5.41) is 0. The van der Waals surface area contributed by atoms with E-state index < -0.39 is 6.10 Å². The molecule has 5 nitrogen and oxygen atoms in total. The van der Waals surface area contributed by atoms with Gasteiger partial charge in [0.05, 0.1) is 6.61 Å². The summed E-state index contributed by atoms with van der Waals surface area (Å²) in [5.41, 5.74) is 0. The lowest BCUT2D eigenvalue weighted by atomic mass is 10.1. The average molecular weight is 1010 g/mol. The highest BCUT2D eigenvalue weighted by molar-refractivity contribution is 5.70. The van der Waals surface area contributed by atoms with Crippen LogP contribution in [0.5, 0.6) is 0 Å². The van der Waals surface area contributed by atoms with Crippen LogP contribution in [0, 0.1) is 0 Å². The van der Waals surface area contributed by atoms with Gasteiger partial charge in [0.15, 0.2) is 6.10 Å². The number of esters is 2. The Balaban J connectivity index is 4.58.